The van der Waals surface area contributed by atoms with Crippen LogP contribution in [0.15, 0.2) is 18.3 Å². The molecule has 2 aliphatic heterocycles. The molecule has 2 aliphatic rings. The van der Waals surface area contributed by atoms with E-state index < -0.39 is 11.2 Å². The van der Waals surface area contributed by atoms with Gasteiger partial charge in [0.25, 0.3) is 0 Å². The summed E-state index contributed by atoms with van der Waals surface area (Å²) in [6.07, 6.45) is 4.22. The number of likely N-dealkylation sites (N-methyl/N-ethyl adjacent to an activating group) is 1. The number of nitriles is 1. The summed E-state index contributed by atoms with van der Waals surface area (Å²) in [5.41, 5.74) is 1.94. The van der Waals surface area contributed by atoms with E-state index in [0.29, 0.717) is 54.8 Å². The van der Waals surface area contributed by atoms with Gasteiger partial charge in [0.15, 0.2) is 6.29 Å². The van der Waals surface area contributed by atoms with Crippen LogP contribution in [0.1, 0.15) is 33.6 Å². The number of hydrogen-bond donors (Lipinski definition) is 2. The molecule has 11 nitrogen and oxygen atoms in total. The van der Waals surface area contributed by atoms with Crippen LogP contribution in [0.25, 0.3) is 0 Å². The van der Waals surface area contributed by atoms with Crippen molar-refractivity contribution in [2.24, 2.45) is 0 Å². The van der Waals surface area contributed by atoms with Gasteiger partial charge in [-0.3, -0.25) is 24.7 Å². The number of aldehydes is 1. The highest BCUT2D eigenvalue weighted by Gasteiger charge is 2.36. The molecule has 14 heteroatoms. The molecule has 2 N–H and O–H groups in total. The molecule has 1 saturated heterocycles. The van der Waals surface area contributed by atoms with E-state index in [2.05, 4.69) is 26.7 Å². The molecule has 198 valence electrons. The lowest BCUT2D eigenvalue weighted by Crippen LogP contribution is -2.48. The Labute approximate surface area is 234 Å². The van der Waals surface area contributed by atoms with Crippen molar-refractivity contribution in [1.29, 1.82) is 5.26 Å². The Morgan fingerprint density at radius 3 is 2.79 bits per heavy atom. The number of aromatic nitrogens is 2. The largest absolute Gasteiger partial charge is 0.383 e. The Bertz CT molecular complexity index is 1320. The molecule has 4 heterocycles. The fraction of sp³-hybridized carbons (Fsp3) is 0.440. The van der Waals surface area contributed by atoms with Crippen molar-refractivity contribution < 1.29 is 14.4 Å². The maximum Gasteiger partial charge on any atom is 0.328 e. The van der Waals surface area contributed by atoms with E-state index in [1.807, 2.05) is 18.2 Å². The third-order valence-electron chi connectivity index (χ3n) is 6.73. The predicted molar refractivity (Wildman–Crippen MR) is 153 cm³/mol. The van der Waals surface area contributed by atoms with E-state index in [0.717, 1.165) is 5.75 Å². The topological polar surface area (TPSA) is 135 Å². The zero-order valence-electron chi connectivity index (χ0n) is 21.9. The number of amides is 3. The Morgan fingerprint density at radius 1 is 1.31 bits per heavy atom. The molecule has 39 heavy (non-hydrogen) atoms. The lowest BCUT2D eigenvalue weighted by molar-refractivity contribution is -0.136. The van der Waals surface area contributed by atoms with Gasteiger partial charge in [-0.2, -0.15) is 17.0 Å². The number of carbonyl (C=O) groups is 3. The lowest BCUT2D eigenvalue weighted by atomic mass is 9.48. The van der Waals surface area contributed by atoms with Crippen LogP contribution in [0, 0.1) is 11.3 Å². The minimum absolute atomic E-state index is 0.0525. The van der Waals surface area contributed by atoms with Gasteiger partial charge in [0.05, 0.1) is 33.5 Å². The Balaban J connectivity index is 1.61. The van der Waals surface area contributed by atoms with Gasteiger partial charge in [-0.05, 0) is 31.4 Å². The second kappa shape index (κ2) is 12.1. The van der Waals surface area contributed by atoms with Crippen molar-refractivity contribution in [3.63, 3.8) is 0 Å². The number of rotatable bonds is 8. The van der Waals surface area contributed by atoms with Gasteiger partial charge < -0.3 is 10.2 Å². The molecule has 0 aromatic carbocycles. The Hall–Kier alpha value is -3.56. The molecule has 3 amide bonds. The number of piperazine rings is 1. The number of anilines is 3. The number of carbonyl (C=O) groups excluding carboxylic acids is 3. The molecule has 2 aromatic heterocycles. The number of fused-ring (bicyclic) bond motifs is 1. The summed E-state index contributed by atoms with van der Waals surface area (Å²) < 4.78 is 0. The van der Waals surface area contributed by atoms with E-state index in [9.17, 15) is 19.6 Å². The van der Waals surface area contributed by atoms with Crippen LogP contribution in [-0.4, -0.2) is 105 Å². The standard InChI is InChI=1S/C25H28B2N8O3S/c1-33-6-7-34(22(37)14-33)13-16-9-18-23(31-20(16)15-36)35(5-3-25(18,26)27)24(38)32-21-10-19(29-4-8-39-2)17(11-28)12-30-21/h9-10,12,15H,3-8,13-14H2,1-2H3,(H2,29,30,32,38). The van der Waals surface area contributed by atoms with E-state index in [4.69, 9.17) is 15.7 Å². The van der Waals surface area contributed by atoms with E-state index >= 15 is 0 Å². The zero-order chi connectivity index (χ0) is 28.2. The summed E-state index contributed by atoms with van der Waals surface area (Å²) in [6.45, 7) is 2.50. The molecule has 0 bridgehead atoms. The first-order valence-corrected chi connectivity index (χ1v) is 13.8. The number of nitrogens with one attached hydrogen (secondary N) is 2. The minimum atomic E-state index is -1.29. The molecule has 2 aromatic rings. The summed E-state index contributed by atoms with van der Waals surface area (Å²) in [5, 5.41) is 14.0. The third-order valence-corrected chi connectivity index (χ3v) is 7.34. The van der Waals surface area contributed by atoms with Gasteiger partial charge in [-0.1, -0.05) is 5.21 Å². The number of nitrogens with zero attached hydrogens (tertiary/aromatic N) is 6. The fourth-order valence-electron chi connectivity index (χ4n) is 4.49. The smallest absolute Gasteiger partial charge is 0.328 e. The predicted octanol–water partition coefficient (Wildman–Crippen LogP) is 1.14. The second-order valence-corrected chi connectivity index (χ2v) is 10.6. The number of thioether (sulfide) groups is 1. The van der Waals surface area contributed by atoms with Crippen LogP contribution in [0.3, 0.4) is 0 Å². The molecule has 0 atom stereocenters. The average Bonchev–Trinajstić information content (AvgIpc) is 2.90. The van der Waals surface area contributed by atoms with Crippen LogP contribution >= 0.6 is 11.8 Å². The lowest BCUT2D eigenvalue weighted by Gasteiger charge is -2.39. The first-order chi connectivity index (χ1) is 18.7. The van der Waals surface area contributed by atoms with Gasteiger partial charge in [-0.25, -0.2) is 14.8 Å². The van der Waals surface area contributed by atoms with Crippen molar-refractivity contribution in [2.45, 2.75) is 18.2 Å². The Morgan fingerprint density at radius 2 is 2.10 bits per heavy atom. The van der Waals surface area contributed by atoms with Crippen molar-refractivity contribution in [2.75, 3.05) is 67.3 Å². The molecule has 1 fully saturated rings. The van der Waals surface area contributed by atoms with E-state index in [1.165, 1.54) is 11.1 Å². The molecule has 0 spiro atoms. The molecule has 4 radical (unpaired) electrons. The van der Waals surface area contributed by atoms with Crippen molar-refractivity contribution in [1.82, 2.24) is 19.8 Å². The molecular formula is C25H28B2N8O3S. The fourth-order valence-corrected chi connectivity index (χ4v) is 4.80. The van der Waals surface area contributed by atoms with Crippen LogP contribution in [0.2, 0.25) is 0 Å². The summed E-state index contributed by atoms with van der Waals surface area (Å²) in [4.78, 5) is 51.5. The van der Waals surface area contributed by atoms with Crippen LogP contribution < -0.4 is 15.5 Å². The minimum Gasteiger partial charge on any atom is -0.383 e. The summed E-state index contributed by atoms with van der Waals surface area (Å²) >= 11 is 1.66. The van der Waals surface area contributed by atoms with Crippen LogP contribution in [0.4, 0.5) is 22.1 Å². The first kappa shape index (κ1) is 28.4. The second-order valence-electron chi connectivity index (χ2n) is 9.59. The van der Waals surface area contributed by atoms with Gasteiger partial charge in [0.2, 0.25) is 5.91 Å². The van der Waals surface area contributed by atoms with Crippen LogP contribution in [-0.2, 0) is 16.6 Å². The molecular weight excluding hydrogens is 514 g/mol. The maximum absolute atomic E-state index is 13.4. The van der Waals surface area contributed by atoms with Gasteiger partial charge in [0.1, 0.15) is 23.4 Å². The third kappa shape index (κ3) is 6.37. The molecule has 4 rings (SSSR count). The summed E-state index contributed by atoms with van der Waals surface area (Å²) in [5.74, 6) is 1.20. The summed E-state index contributed by atoms with van der Waals surface area (Å²) in [7, 11) is 14.7. The van der Waals surface area contributed by atoms with Crippen molar-refractivity contribution >= 4 is 63.0 Å². The van der Waals surface area contributed by atoms with Gasteiger partial charge in [-0.15, -0.1) is 0 Å². The van der Waals surface area contributed by atoms with Crippen molar-refractivity contribution in [3.8, 4) is 6.07 Å². The van der Waals surface area contributed by atoms with Crippen LogP contribution in [0.5, 0.6) is 0 Å². The molecule has 0 aliphatic carbocycles. The van der Waals surface area contributed by atoms with E-state index in [-0.39, 0.29) is 42.7 Å². The average molecular weight is 542 g/mol. The number of hydrogen-bond acceptors (Lipinski definition) is 9. The number of urea groups is 1. The normalized spacial score (nSPS) is 16.8. The van der Waals surface area contributed by atoms with Gasteiger partial charge in [0, 0.05) is 56.3 Å². The SMILES string of the molecule is [B]C1([B])CCN(C(=O)Nc2cc(NCCSC)c(C#N)cn2)c2nc(C=O)c(CN3CCN(C)CC3=O)cc21. The molecule has 0 unspecified atom stereocenters. The van der Waals surface area contributed by atoms with Crippen molar-refractivity contribution in [3.05, 3.63) is 40.7 Å². The zero-order valence-corrected chi connectivity index (χ0v) is 22.8. The Kier molecular flexibility index (Phi) is 8.82. The van der Waals surface area contributed by atoms with E-state index in [1.54, 1.807) is 28.8 Å². The highest BCUT2D eigenvalue weighted by molar-refractivity contribution is 7.98. The first-order valence-electron chi connectivity index (χ1n) is 12.4. The summed E-state index contributed by atoms with van der Waals surface area (Å²) in [6, 6.07) is 4.82. The quantitative estimate of drug-likeness (QED) is 0.286. The number of pyridine rings is 2. The molecule has 0 saturated carbocycles. The maximum atomic E-state index is 13.4. The highest BCUT2D eigenvalue weighted by Crippen LogP contribution is 2.36. The highest BCUT2D eigenvalue weighted by atomic mass is 32.2. The van der Waals surface area contributed by atoms with Gasteiger partial charge >= 0.3 is 6.03 Å². The monoisotopic (exact) mass is 542 g/mol.